The Morgan fingerprint density at radius 2 is 0.936 bits per heavy atom. The predicted molar refractivity (Wildman–Crippen MR) is 196 cm³/mol. The lowest BCUT2D eigenvalue weighted by atomic mass is 9.85. The Morgan fingerprint density at radius 3 is 1.57 bits per heavy atom. The van der Waals surface area contributed by atoms with Crippen LogP contribution in [-0.2, 0) is 0 Å². The van der Waals surface area contributed by atoms with E-state index in [2.05, 4.69) is 126 Å². The number of pyridine rings is 2. The minimum Gasteiger partial charge on any atom is -0.275 e. The van der Waals surface area contributed by atoms with Gasteiger partial charge in [0.1, 0.15) is 0 Å². The van der Waals surface area contributed by atoms with Gasteiger partial charge in [-0.15, -0.1) is 0 Å². The number of hydrogen-bond acceptors (Lipinski definition) is 2. The fourth-order valence-electron chi connectivity index (χ4n) is 7.19. The summed E-state index contributed by atoms with van der Waals surface area (Å²) in [5, 5.41) is 7.54. The predicted octanol–water partition coefficient (Wildman–Crippen LogP) is 10.8. The second kappa shape index (κ2) is 10.9. The van der Waals surface area contributed by atoms with Crippen molar-refractivity contribution in [1.29, 1.82) is 0 Å². The molecule has 0 aliphatic heterocycles. The molecule has 0 aliphatic rings. The molecular weight excluding hydrogens is 572 g/mol. The molecule has 0 amide bonds. The fourth-order valence-corrected chi connectivity index (χ4v) is 7.19. The molecule has 0 saturated heterocycles. The lowest BCUT2D eigenvalue weighted by molar-refractivity contribution is 1.04. The van der Waals surface area contributed by atoms with Crippen LogP contribution < -0.4 is 5.56 Å². The van der Waals surface area contributed by atoms with Gasteiger partial charge in [-0.25, -0.2) is 0 Å². The number of aromatic nitrogens is 2. The molecule has 0 aliphatic carbocycles. The Balaban J connectivity index is 1.36. The molecule has 0 N–H and O–H groups in total. The maximum absolute atomic E-state index is 13.8. The van der Waals surface area contributed by atoms with Crippen LogP contribution in [0.15, 0.2) is 175 Å². The summed E-state index contributed by atoms with van der Waals surface area (Å²) in [6.07, 6.45) is 3.47. The summed E-state index contributed by atoms with van der Waals surface area (Å²) in [5.41, 5.74) is 8.63. The highest BCUT2D eigenvalue weighted by atomic mass is 16.1. The second-order valence-corrected chi connectivity index (χ2v) is 11.9. The lowest BCUT2D eigenvalue weighted by Gasteiger charge is -2.19. The van der Waals surface area contributed by atoms with E-state index in [9.17, 15) is 4.79 Å². The van der Waals surface area contributed by atoms with Gasteiger partial charge in [0.2, 0.25) is 0 Å². The summed E-state index contributed by atoms with van der Waals surface area (Å²) >= 11 is 0. The van der Waals surface area contributed by atoms with E-state index >= 15 is 0 Å². The van der Waals surface area contributed by atoms with Gasteiger partial charge in [-0.3, -0.25) is 14.3 Å². The van der Waals surface area contributed by atoms with Gasteiger partial charge in [0.25, 0.3) is 5.56 Å². The standard InChI is InChI=1S/C44H28N2O/c47-44-38-20-10-7-17-34(38)39-26-32(22-24-41(39)46(44)33-16-11-25-45-28-33)31-21-23-37-40(27-31)43(30-14-5-2-6-15-30)36-19-9-8-18-35(36)42(37)29-12-3-1-4-13-29/h1-28H. The molecule has 9 rings (SSSR count). The van der Waals surface area contributed by atoms with Crippen molar-refractivity contribution in [1.82, 2.24) is 9.55 Å². The van der Waals surface area contributed by atoms with Gasteiger partial charge < -0.3 is 0 Å². The topological polar surface area (TPSA) is 34.9 Å². The van der Waals surface area contributed by atoms with Crippen molar-refractivity contribution in [3.63, 3.8) is 0 Å². The summed E-state index contributed by atoms with van der Waals surface area (Å²) < 4.78 is 1.78. The van der Waals surface area contributed by atoms with Crippen LogP contribution in [0.5, 0.6) is 0 Å². The van der Waals surface area contributed by atoms with Crippen LogP contribution in [0.25, 0.3) is 82.3 Å². The first-order valence-electron chi connectivity index (χ1n) is 15.8. The number of fused-ring (bicyclic) bond motifs is 5. The van der Waals surface area contributed by atoms with Gasteiger partial charge in [0, 0.05) is 17.0 Å². The molecule has 0 saturated carbocycles. The molecule has 0 atom stereocenters. The van der Waals surface area contributed by atoms with E-state index in [0.717, 1.165) is 33.1 Å². The Morgan fingerprint density at radius 1 is 0.404 bits per heavy atom. The van der Waals surface area contributed by atoms with Crippen LogP contribution in [0, 0.1) is 0 Å². The lowest BCUT2D eigenvalue weighted by Crippen LogP contribution is -2.19. The van der Waals surface area contributed by atoms with Crippen molar-refractivity contribution >= 4 is 43.2 Å². The molecule has 2 heterocycles. The normalized spacial score (nSPS) is 11.5. The summed E-state index contributed by atoms with van der Waals surface area (Å²) in [6, 6.07) is 55.1. The summed E-state index contributed by atoms with van der Waals surface area (Å²) in [4.78, 5) is 18.1. The average Bonchev–Trinajstić information content (AvgIpc) is 3.15. The number of nitrogens with zero attached hydrogens (tertiary/aromatic N) is 2. The molecule has 0 spiro atoms. The van der Waals surface area contributed by atoms with E-state index in [1.165, 1.54) is 43.8 Å². The van der Waals surface area contributed by atoms with Crippen molar-refractivity contribution in [3.8, 4) is 39.1 Å². The molecule has 47 heavy (non-hydrogen) atoms. The van der Waals surface area contributed by atoms with Gasteiger partial charge in [-0.05, 0) is 96.7 Å². The van der Waals surface area contributed by atoms with Crippen molar-refractivity contribution in [3.05, 3.63) is 180 Å². The quantitative estimate of drug-likeness (QED) is 0.149. The van der Waals surface area contributed by atoms with Crippen LogP contribution >= 0.6 is 0 Å². The van der Waals surface area contributed by atoms with Gasteiger partial charge in [-0.1, -0.05) is 121 Å². The first-order chi connectivity index (χ1) is 23.3. The van der Waals surface area contributed by atoms with Gasteiger partial charge >= 0.3 is 0 Å². The van der Waals surface area contributed by atoms with E-state index < -0.39 is 0 Å². The first-order valence-corrected chi connectivity index (χ1v) is 15.8. The highest BCUT2D eigenvalue weighted by Crippen LogP contribution is 2.45. The van der Waals surface area contributed by atoms with Crippen molar-refractivity contribution in [2.45, 2.75) is 0 Å². The van der Waals surface area contributed by atoms with Crippen LogP contribution in [0.4, 0.5) is 0 Å². The van der Waals surface area contributed by atoms with Crippen LogP contribution in [0.3, 0.4) is 0 Å². The number of rotatable bonds is 4. The average molecular weight is 601 g/mol. The zero-order chi connectivity index (χ0) is 31.3. The molecule has 7 aromatic carbocycles. The zero-order valence-corrected chi connectivity index (χ0v) is 25.5. The molecule has 3 heteroatoms. The fraction of sp³-hybridized carbons (Fsp3) is 0. The van der Waals surface area contributed by atoms with Gasteiger partial charge in [0.05, 0.1) is 17.4 Å². The van der Waals surface area contributed by atoms with Crippen molar-refractivity contribution in [2.24, 2.45) is 0 Å². The molecule has 0 bridgehead atoms. The molecule has 0 unspecified atom stereocenters. The summed E-state index contributed by atoms with van der Waals surface area (Å²) in [5.74, 6) is 0. The monoisotopic (exact) mass is 600 g/mol. The Labute approximate surface area is 271 Å². The van der Waals surface area contributed by atoms with E-state index in [-0.39, 0.29) is 5.56 Å². The SMILES string of the molecule is O=c1c2ccccc2c2cc(-c3ccc4c(-c5ccccc5)c5ccccc5c(-c5ccccc5)c4c3)ccc2n1-c1cccnc1. The Kier molecular flexibility index (Phi) is 6.29. The molecule has 220 valence electrons. The van der Waals surface area contributed by atoms with E-state index in [1.54, 1.807) is 17.0 Å². The molecule has 2 aromatic heterocycles. The summed E-state index contributed by atoms with van der Waals surface area (Å²) in [7, 11) is 0. The van der Waals surface area contributed by atoms with E-state index in [4.69, 9.17) is 0 Å². The minimum atomic E-state index is -0.0487. The van der Waals surface area contributed by atoms with Crippen molar-refractivity contribution < 1.29 is 0 Å². The third-order valence-electron chi connectivity index (χ3n) is 9.27. The molecule has 3 nitrogen and oxygen atoms in total. The van der Waals surface area contributed by atoms with E-state index in [1.807, 2.05) is 36.4 Å². The summed E-state index contributed by atoms with van der Waals surface area (Å²) in [6.45, 7) is 0. The highest BCUT2D eigenvalue weighted by molar-refractivity contribution is 6.22. The number of benzene rings is 7. The minimum absolute atomic E-state index is 0.0487. The van der Waals surface area contributed by atoms with E-state index in [0.29, 0.717) is 5.39 Å². The van der Waals surface area contributed by atoms with Crippen molar-refractivity contribution in [2.75, 3.05) is 0 Å². The third kappa shape index (κ3) is 4.36. The van der Waals surface area contributed by atoms with Crippen LogP contribution in [0.1, 0.15) is 0 Å². The largest absolute Gasteiger partial charge is 0.275 e. The molecule has 0 radical (unpaired) electrons. The first kappa shape index (κ1) is 27.0. The van der Waals surface area contributed by atoms with Gasteiger partial charge in [-0.2, -0.15) is 0 Å². The maximum atomic E-state index is 13.8. The zero-order valence-electron chi connectivity index (χ0n) is 25.5. The Bertz CT molecular complexity index is 2680. The molecular formula is C44H28N2O. The number of hydrogen-bond donors (Lipinski definition) is 0. The third-order valence-corrected chi connectivity index (χ3v) is 9.27. The Hall–Kier alpha value is -6.32. The van der Waals surface area contributed by atoms with Crippen LogP contribution in [-0.4, -0.2) is 9.55 Å². The van der Waals surface area contributed by atoms with Gasteiger partial charge in [0.15, 0.2) is 0 Å². The molecule has 9 aromatic rings. The maximum Gasteiger partial charge on any atom is 0.263 e. The second-order valence-electron chi connectivity index (χ2n) is 11.9. The molecule has 0 fully saturated rings. The van der Waals surface area contributed by atoms with Crippen LogP contribution in [0.2, 0.25) is 0 Å². The smallest absolute Gasteiger partial charge is 0.263 e. The highest BCUT2D eigenvalue weighted by Gasteiger charge is 2.18.